The van der Waals surface area contributed by atoms with Gasteiger partial charge in [-0.3, -0.25) is 4.98 Å². The number of aryl methyl sites for hydroxylation is 1. The third-order valence-electron chi connectivity index (χ3n) is 2.84. The molecule has 0 unspecified atom stereocenters. The SMILES string of the molecule is CCc1cc(CC(C)C)c([Si](C)(C)C)cn1. The lowest BCUT2D eigenvalue weighted by molar-refractivity contribution is 0.648. The minimum Gasteiger partial charge on any atom is -0.261 e. The molecule has 2 heteroatoms. The van der Waals surface area contributed by atoms with E-state index in [1.165, 1.54) is 12.1 Å². The molecule has 1 heterocycles. The molecule has 1 rings (SSSR count). The van der Waals surface area contributed by atoms with Crippen LogP contribution in [0.3, 0.4) is 0 Å². The van der Waals surface area contributed by atoms with Gasteiger partial charge in [0.15, 0.2) is 0 Å². The van der Waals surface area contributed by atoms with Gasteiger partial charge >= 0.3 is 0 Å². The van der Waals surface area contributed by atoms with Crippen molar-refractivity contribution in [1.82, 2.24) is 4.98 Å². The van der Waals surface area contributed by atoms with Crippen LogP contribution in [-0.2, 0) is 12.8 Å². The molecular weight excluding hydrogens is 210 g/mol. The summed E-state index contributed by atoms with van der Waals surface area (Å²) >= 11 is 0. The number of hydrogen-bond donors (Lipinski definition) is 0. The summed E-state index contributed by atoms with van der Waals surface area (Å²) in [5, 5.41) is 1.54. The normalized spacial score (nSPS) is 12.2. The molecule has 0 atom stereocenters. The molecule has 0 spiro atoms. The van der Waals surface area contributed by atoms with E-state index in [-0.39, 0.29) is 0 Å². The molecule has 0 aliphatic carbocycles. The summed E-state index contributed by atoms with van der Waals surface area (Å²) in [5.74, 6) is 0.724. The molecule has 0 bridgehead atoms. The molecule has 0 radical (unpaired) electrons. The highest BCUT2D eigenvalue weighted by molar-refractivity contribution is 6.89. The van der Waals surface area contributed by atoms with Crippen molar-refractivity contribution in [3.63, 3.8) is 0 Å². The van der Waals surface area contributed by atoms with Crippen LogP contribution in [0.4, 0.5) is 0 Å². The van der Waals surface area contributed by atoms with E-state index in [0.717, 1.165) is 12.3 Å². The average Bonchev–Trinajstić information content (AvgIpc) is 2.14. The fourth-order valence-electron chi connectivity index (χ4n) is 2.02. The standard InChI is InChI=1S/C14H25NSi/c1-7-13-9-12(8-11(2)3)14(10-15-13)16(4,5)6/h9-11H,7-8H2,1-6H3. The van der Waals surface area contributed by atoms with Gasteiger partial charge in [-0.15, -0.1) is 0 Å². The van der Waals surface area contributed by atoms with Crippen LogP contribution in [0.5, 0.6) is 0 Å². The van der Waals surface area contributed by atoms with Crippen LogP contribution in [0.2, 0.25) is 19.6 Å². The maximum atomic E-state index is 4.57. The Labute approximate surface area is 101 Å². The molecule has 0 fully saturated rings. The fraction of sp³-hybridized carbons (Fsp3) is 0.643. The van der Waals surface area contributed by atoms with Crippen molar-refractivity contribution in [3.05, 3.63) is 23.5 Å². The van der Waals surface area contributed by atoms with Gasteiger partial charge in [0.25, 0.3) is 0 Å². The van der Waals surface area contributed by atoms with Crippen molar-refractivity contribution in [3.8, 4) is 0 Å². The van der Waals surface area contributed by atoms with Crippen LogP contribution in [0.15, 0.2) is 12.3 Å². The first-order valence-corrected chi connectivity index (χ1v) is 9.82. The number of nitrogens with zero attached hydrogens (tertiary/aromatic N) is 1. The maximum Gasteiger partial charge on any atom is 0.0799 e. The molecule has 0 aliphatic rings. The molecule has 0 amide bonds. The smallest absolute Gasteiger partial charge is 0.0799 e. The second-order valence-electron chi connectivity index (χ2n) is 6.03. The predicted octanol–water partition coefficient (Wildman–Crippen LogP) is 3.39. The lowest BCUT2D eigenvalue weighted by Gasteiger charge is -2.22. The summed E-state index contributed by atoms with van der Waals surface area (Å²) in [6.07, 6.45) is 4.37. The zero-order valence-corrected chi connectivity index (χ0v) is 12.6. The van der Waals surface area contributed by atoms with Crippen molar-refractivity contribution in [2.75, 3.05) is 0 Å². The Morgan fingerprint density at radius 2 is 1.88 bits per heavy atom. The monoisotopic (exact) mass is 235 g/mol. The molecule has 90 valence electrons. The molecule has 0 aliphatic heterocycles. The second kappa shape index (κ2) is 5.13. The summed E-state index contributed by atoms with van der Waals surface area (Å²) in [6.45, 7) is 14.0. The third-order valence-corrected chi connectivity index (χ3v) is 4.91. The highest BCUT2D eigenvalue weighted by Gasteiger charge is 2.21. The summed E-state index contributed by atoms with van der Waals surface area (Å²) in [4.78, 5) is 4.57. The summed E-state index contributed by atoms with van der Waals surface area (Å²) in [5.41, 5.74) is 2.78. The second-order valence-corrected chi connectivity index (χ2v) is 11.1. The lowest BCUT2D eigenvalue weighted by atomic mass is 10.0. The van der Waals surface area contributed by atoms with Crippen LogP contribution >= 0.6 is 0 Å². The molecule has 16 heavy (non-hydrogen) atoms. The van der Waals surface area contributed by atoms with Crippen LogP contribution in [0, 0.1) is 5.92 Å². The zero-order valence-electron chi connectivity index (χ0n) is 11.6. The molecule has 1 aromatic heterocycles. The highest BCUT2D eigenvalue weighted by Crippen LogP contribution is 2.12. The van der Waals surface area contributed by atoms with Gasteiger partial charge in [-0.25, -0.2) is 0 Å². The molecule has 0 N–H and O–H groups in total. The van der Waals surface area contributed by atoms with E-state index in [2.05, 4.69) is 57.7 Å². The van der Waals surface area contributed by atoms with Gasteiger partial charge in [-0.1, -0.05) is 40.4 Å². The third kappa shape index (κ3) is 3.44. The molecule has 0 saturated carbocycles. The molecular formula is C14H25NSi. The van der Waals surface area contributed by atoms with Crippen LogP contribution in [-0.4, -0.2) is 13.1 Å². The fourth-order valence-corrected chi connectivity index (χ4v) is 3.61. The van der Waals surface area contributed by atoms with Gasteiger partial charge in [-0.05, 0) is 35.6 Å². The van der Waals surface area contributed by atoms with E-state index in [9.17, 15) is 0 Å². The van der Waals surface area contributed by atoms with Gasteiger partial charge in [0, 0.05) is 11.9 Å². The first-order chi connectivity index (χ1) is 7.34. The zero-order chi connectivity index (χ0) is 12.3. The Kier molecular flexibility index (Phi) is 4.31. The quantitative estimate of drug-likeness (QED) is 0.729. The lowest BCUT2D eigenvalue weighted by Crippen LogP contribution is -2.41. The molecule has 0 aromatic carbocycles. The topological polar surface area (TPSA) is 12.9 Å². The average molecular weight is 235 g/mol. The maximum absolute atomic E-state index is 4.57. The molecule has 1 nitrogen and oxygen atoms in total. The van der Waals surface area contributed by atoms with Gasteiger partial charge in [-0.2, -0.15) is 0 Å². The van der Waals surface area contributed by atoms with Gasteiger partial charge in [0.05, 0.1) is 8.07 Å². The molecule has 0 saturated heterocycles. The Bertz CT molecular complexity index is 350. The van der Waals surface area contributed by atoms with Crippen LogP contribution < -0.4 is 5.19 Å². The van der Waals surface area contributed by atoms with E-state index in [1.54, 1.807) is 10.8 Å². The summed E-state index contributed by atoms with van der Waals surface area (Å²) < 4.78 is 0. The molecule has 1 aromatic rings. The van der Waals surface area contributed by atoms with Crippen molar-refractivity contribution < 1.29 is 0 Å². The van der Waals surface area contributed by atoms with Gasteiger partial charge < -0.3 is 0 Å². The van der Waals surface area contributed by atoms with Crippen molar-refractivity contribution >= 4 is 13.3 Å². The Balaban J connectivity index is 3.16. The van der Waals surface area contributed by atoms with E-state index >= 15 is 0 Å². The first kappa shape index (κ1) is 13.4. The number of rotatable bonds is 4. The van der Waals surface area contributed by atoms with E-state index < -0.39 is 8.07 Å². The highest BCUT2D eigenvalue weighted by atomic mass is 28.3. The van der Waals surface area contributed by atoms with Crippen LogP contribution in [0.1, 0.15) is 32.0 Å². The Morgan fingerprint density at radius 1 is 1.25 bits per heavy atom. The minimum absolute atomic E-state index is 0.724. The summed E-state index contributed by atoms with van der Waals surface area (Å²) in [6, 6.07) is 2.33. The Morgan fingerprint density at radius 3 is 2.31 bits per heavy atom. The van der Waals surface area contributed by atoms with E-state index in [0.29, 0.717) is 0 Å². The van der Waals surface area contributed by atoms with Crippen molar-refractivity contribution in [2.24, 2.45) is 5.92 Å². The van der Waals surface area contributed by atoms with E-state index in [1.807, 2.05) is 0 Å². The summed E-state index contributed by atoms with van der Waals surface area (Å²) in [7, 11) is -1.24. The van der Waals surface area contributed by atoms with Crippen molar-refractivity contribution in [2.45, 2.75) is 53.3 Å². The number of pyridine rings is 1. The minimum atomic E-state index is -1.24. The Hall–Kier alpha value is -0.633. The predicted molar refractivity (Wildman–Crippen MR) is 75.1 cm³/mol. The number of aromatic nitrogens is 1. The van der Waals surface area contributed by atoms with Crippen LogP contribution in [0.25, 0.3) is 0 Å². The largest absolute Gasteiger partial charge is 0.261 e. The van der Waals surface area contributed by atoms with Gasteiger partial charge in [0.1, 0.15) is 0 Å². The number of hydrogen-bond acceptors (Lipinski definition) is 1. The first-order valence-electron chi connectivity index (χ1n) is 6.32. The van der Waals surface area contributed by atoms with Crippen molar-refractivity contribution in [1.29, 1.82) is 0 Å². The van der Waals surface area contributed by atoms with Gasteiger partial charge in [0.2, 0.25) is 0 Å². The van der Waals surface area contributed by atoms with E-state index in [4.69, 9.17) is 0 Å².